The third kappa shape index (κ3) is 3.91. The summed E-state index contributed by atoms with van der Waals surface area (Å²) in [5.74, 6) is 1.20. The van der Waals surface area contributed by atoms with Gasteiger partial charge >= 0.3 is 1.43 Å². The summed E-state index contributed by atoms with van der Waals surface area (Å²) in [6.45, 7) is 0. The van der Waals surface area contributed by atoms with Crippen LogP contribution in [0.5, 0.6) is 0 Å². The molecule has 1 amide bonds. The van der Waals surface area contributed by atoms with Gasteiger partial charge in [0, 0.05) is 5.56 Å². The maximum atomic E-state index is 14.0. The molecule has 3 aromatic carbocycles. The maximum absolute atomic E-state index is 14.0. The number of amides is 1. The molecular formula is C31H36ClN3O. The van der Waals surface area contributed by atoms with Crippen molar-refractivity contribution in [1.29, 1.82) is 0 Å². The van der Waals surface area contributed by atoms with Crippen LogP contribution in [-0.2, 0) is 10.3 Å². The summed E-state index contributed by atoms with van der Waals surface area (Å²) < 4.78 is 2.33. The highest BCUT2D eigenvalue weighted by atomic mass is 35.5. The monoisotopic (exact) mass is 501 g/mol. The van der Waals surface area contributed by atoms with E-state index >= 15 is 0 Å². The van der Waals surface area contributed by atoms with Crippen LogP contribution in [0.1, 0.15) is 65.6 Å². The second kappa shape index (κ2) is 10.3. The highest BCUT2D eigenvalue weighted by Crippen LogP contribution is 2.50. The second-order valence-electron chi connectivity index (χ2n) is 10.6. The van der Waals surface area contributed by atoms with E-state index in [1.54, 1.807) is 0 Å². The molecule has 2 fully saturated rings. The Hall–Kier alpha value is -2.85. The predicted octanol–water partition coefficient (Wildman–Crippen LogP) is 4.31. The fraction of sp³-hybridized carbons (Fsp3) is 0.419. The quantitative estimate of drug-likeness (QED) is 0.443. The third-order valence-electron chi connectivity index (χ3n) is 8.81. The number of nitrogens with zero attached hydrogens (tertiary/aromatic N) is 2. The molecular weight excluding hydrogens is 466 g/mol. The van der Waals surface area contributed by atoms with E-state index in [0.717, 1.165) is 53.5 Å². The Morgan fingerprint density at radius 3 is 2.06 bits per heavy atom. The van der Waals surface area contributed by atoms with E-state index in [2.05, 4.69) is 65.2 Å². The molecule has 4 nitrogen and oxygen atoms in total. The number of nitrogens with two attached hydrogens (primary N) is 1. The summed E-state index contributed by atoms with van der Waals surface area (Å²) in [4.78, 5) is 19.2. The van der Waals surface area contributed by atoms with Gasteiger partial charge in [-0.1, -0.05) is 93.1 Å². The number of carbonyl (C=O) groups excluding carboxylic acids is 1. The van der Waals surface area contributed by atoms with Crippen molar-refractivity contribution in [3.63, 3.8) is 0 Å². The van der Waals surface area contributed by atoms with E-state index in [0.29, 0.717) is 0 Å². The standard InChI is InChI=1S/C31H35N3O.ClH/c32-30(35)31(23-14-3-1-4-15-23,24-16-5-2-6-17-24)34-28-21-10-9-20-27(28)33-29(34)26-19-11-13-22-12-7-8-18-25(22)26;/h7-13,18-21,23-24H,1-6,14-17H2,(H2,32,35);1H. The molecule has 36 heavy (non-hydrogen) atoms. The van der Waals surface area contributed by atoms with Gasteiger partial charge in [-0.25, -0.2) is 4.98 Å². The van der Waals surface area contributed by atoms with Crippen molar-refractivity contribution in [2.75, 3.05) is 0 Å². The van der Waals surface area contributed by atoms with Crippen LogP contribution in [0.2, 0.25) is 0 Å². The third-order valence-corrected chi connectivity index (χ3v) is 8.81. The minimum Gasteiger partial charge on any atom is -1.00 e. The Morgan fingerprint density at radius 1 is 0.806 bits per heavy atom. The zero-order chi connectivity index (χ0) is 23.8. The first-order valence-electron chi connectivity index (χ1n) is 13.5. The molecule has 2 N–H and O–H groups in total. The molecule has 0 atom stereocenters. The number of aromatic nitrogens is 2. The number of para-hydroxylation sites is 2. The fourth-order valence-electron chi connectivity index (χ4n) is 7.30. The zero-order valence-electron chi connectivity index (χ0n) is 21.8. The van der Waals surface area contributed by atoms with Gasteiger partial charge in [0.05, 0.1) is 11.0 Å². The van der Waals surface area contributed by atoms with Gasteiger partial charge in [-0.15, -0.1) is 0 Å². The molecule has 2 saturated carbocycles. The molecule has 0 aliphatic heterocycles. The second-order valence-corrected chi connectivity index (χ2v) is 10.6. The topological polar surface area (TPSA) is 60.9 Å². The van der Waals surface area contributed by atoms with Crippen molar-refractivity contribution >= 4 is 27.7 Å². The van der Waals surface area contributed by atoms with Crippen molar-refractivity contribution in [3.8, 4) is 11.4 Å². The summed E-state index contributed by atoms with van der Waals surface area (Å²) >= 11 is 0. The van der Waals surface area contributed by atoms with Crippen LogP contribution in [0.15, 0.2) is 66.7 Å². The number of primary amides is 1. The fourth-order valence-corrected chi connectivity index (χ4v) is 7.30. The van der Waals surface area contributed by atoms with Gasteiger partial charge in [0.15, 0.2) is 0 Å². The molecule has 1 aromatic heterocycles. The van der Waals surface area contributed by atoms with E-state index in [-0.39, 0.29) is 31.6 Å². The van der Waals surface area contributed by atoms with Crippen LogP contribution in [-0.4, -0.2) is 15.5 Å². The Bertz CT molecular complexity index is 1350. The number of imidazole rings is 1. The highest BCUT2D eigenvalue weighted by molar-refractivity contribution is 5.98. The average molecular weight is 502 g/mol. The lowest BCUT2D eigenvalue weighted by Gasteiger charge is -2.48. The molecule has 0 radical (unpaired) electrons. The van der Waals surface area contributed by atoms with E-state index in [1.807, 2.05) is 6.07 Å². The average Bonchev–Trinajstić information content (AvgIpc) is 3.29. The minimum absolute atomic E-state index is 0. The lowest BCUT2D eigenvalue weighted by Crippen LogP contribution is -3.00. The summed E-state index contributed by atoms with van der Waals surface area (Å²) in [5.41, 5.74) is 8.88. The van der Waals surface area contributed by atoms with Crippen LogP contribution in [0.3, 0.4) is 0 Å². The molecule has 0 saturated heterocycles. The van der Waals surface area contributed by atoms with Gasteiger partial charge < -0.3 is 22.7 Å². The molecule has 0 spiro atoms. The van der Waals surface area contributed by atoms with E-state index in [1.165, 1.54) is 43.9 Å². The number of hydrogen-bond acceptors (Lipinski definition) is 2. The molecule has 0 unspecified atom stereocenters. The van der Waals surface area contributed by atoms with Crippen LogP contribution in [0.4, 0.5) is 0 Å². The van der Waals surface area contributed by atoms with Crippen molar-refractivity contribution in [3.05, 3.63) is 66.7 Å². The number of carbonyl (C=O) groups is 1. The first-order chi connectivity index (χ1) is 17.2. The summed E-state index contributed by atoms with van der Waals surface area (Å²) in [6, 6.07) is 23.2. The van der Waals surface area contributed by atoms with Crippen molar-refractivity contribution in [2.24, 2.45) is 17.6 Å². The zero-order valence-corrected chi connectivity index (χ0v) is 21.6. The molecule has 6 rings (SSSR count). The molecule has 2 aliphatic rings. The van der Waals surface area contributed by atoms with E-state index < -0.39 is 5.54 Å². The first kappa shape index (κ1) is 24.8. The Balaban J connectivity index is 0.00000160. The van der Waals surface area contributed by atoms with Gasteiger partial charge in [-0.05, 0) is 60.4 Å². The molecule has 0 bridgehead atoms. The van der Waals surface area contributed by atoms with Crippen molar-refractivity contribution < 1.29 is 18.6 Å². The Labute approximate surface area is 221 Å². The lowest BCUT2D eigenvalue weighted by atomic mass is 9.63. The van der Waals surface area contributed by atoms with Crippen molar-refractivity contribution in [2.45, 2.75) is 69.7 Å². The first-order valence-corrected chi connectivity index (χ1v) is 13.5. The number of fused-ring (bicyclic) bond motifs is 2. The van der Waals surface area contributed by atoms with Crippen LogP contribution < -0.4 is 18.1 Å². The predicted molar refractivity (Wildman–Crippen MR) is 144 cm³/mol. The Kier molecular flexibility index (Phi) is 7.07. The van der Waals surface area contributed by atoms with Gasteiger partial charge in [-0.3, -0.25) is 4.79 Å². The van der Waals surface area contributed by atoms with Crippen molar-refractivity contribution in [1.82, 2.24) is 9.55 Å². The summed E-state index contributed by atoms with van der Waals surface area (Å²) in [6.07, 6.45) is 11.4. The lowest BCUT2D eigenvalue weighted by molar-refractivity contribution is -0.135. The normalized spacial score (nSPS) is 17.8. The summed E-state index contributed by atoms with van der Waals surface area (Å²) in [5, 5.41) is 2.35. The van der Waals surface area contributed by atoms with Gasteiger partial charge in [0.1, 0.15) is 11.4 Å². The largest absolute Gasteiger partial charge is 1.00 e. The van der Waals surface area contributed by atoms with E-state index in [4.69, 9.17) is 10.7 Å². The maximum Gasteiger partial charge on any atom is 1.00 e. The SMILES string of the molecule is NC(=O)C(C1CCCCC1)(C1CCCCC1)n1c(-c2cccc3ccccc23)nc2ccccc21.[Cl-].[H+]. The summed E-state index contributed by atoms with van der Waals surface area (Å²) in [7, 11) is 0. The van der Waals surface area contributed by atoms with E-state index in [9.17, 15) is 4.79 Å². The smallest absolute Gasteiger partial charge is 1.00 e. The molecule has 2 aliphatic carbocycles. The van der Waals surface area contributed by atoms with Gasteiger partial charge in [0.2, 0.25) is 5.91 Å². The van der Waals surface area contributed by atoms with Crippen LogP contribution >= 0.6 is 0 Å². The van der Waals surface area contributed by atoms with Crippen LogP contribution in [0.25, 0.3) is 33.2 Å². The molecule has 188 valence electrons. The van der Waals surface area contributed by atoms with Gasteiger partial charge in [-0.2, -0.15) is 0 Å². The number of benzene rings is 3. The van der Waals surface area contributed by atoms with Gasteiger partial charge in [0.25, 0.3) is 0 Å². The minimum atomic E-state index is -0.761. The Morgan fingerprint density at radius 2 is 1.39 bits per heavy atom. The number of halogens is 1. The van der Waals surface area contributed by atoms with Crippen LogP contribution in [0, 0.1) is 11.8 Å². The number of rotatable bonds is 5. The molecule has 1 heterocycles. The molecule has 5 heteroatoms. The number of hydrogen-bond donors (Lipinski definition) is 1. The highest BCUT2D eigenvalue weighted by Gasteiger charge is 2.53. The molecule has 4 aromatic rings.